The van der Waals surface area contributed by atoms with Crippen LogP contribution in [0, 0.1) is 20.8 Å². The van der Waals surface area contributed by atoms with E-state index in [0.29, 0.717) is 42.5 Å². The Bertz CT molecular complexity index is 2380. The first-order chi connectivity index (χ1) is 28.1. The quantitative estimate of drug-likeness (QED) is 0.0500. The molecule has 0 spiro atoms. The van der Waals surface area contributed by atoms with E-state index in [0.717, 1.165) is 98.8 Å². The summed E-state index contributed by atoms with van der Waals surface area (Å²) in [5.74, 6) is -1.87. The molecule has 314 valence electrons. The number of hydrogen-bond acceptors (Lipinski definition) is 5. The van der Waals surface area contributed by atoms with E-state index in [1.165, 1.54) is 16.7 Å². The monoisotopic (exact) mass is 802 g/mol. The molecule has 5 heterocycles. The van der Waals surface area contributed by atoms with E-state index in [2.05, 4.69) is 72.8 Å². The smallest absolute Gasteiger partial charge is 0.303 e. The Morgan fingerprint density at radius 1 is 0.780 bits per heavy atom. The number of aromatic amines is 3. The highest BCUT2D eigenvalue weighted by Crippen LogP contribution is 2.35. The molecular formula is C49H62N4O6. The Kier molecular flexibility index (Phi) is 15.0. The zero-order valence-corrected chi connectivity index (χ0v) is 35.8. The molecule has 0 aliphatic carbocycles. The van der Waals surface area contributed by atoms with Crippen molar-refractivity contribution in [1.29, 1.82) is 0 Å². The number of fused-ring (bicyclic) bond motifs is 8. The fourth-order valence-electron chi connectivity index (χ4n) is 8.43. The number of allylic oxidation sites excluding steroid dienone is 7. The molecule has 8 bridgehead atoms. The van der Waals surface area contributed by atoms with Crippen molar-refractivity contribution in [3.63, 3.8) is 0 Å². The Morgan fingerprint density at radius 2 is 1.41 bits per heavy atom. The minimum Gasteiger partial charge on any atom is -0.481 e. The second-order valence-corrected chi connectivity index (χ2v) is 16.5. The Morgan fingerprint density at radius 3 is 2.05 bits per heavy atom. The first-order valence-corrected chi connectivity index (χ1v) is 20.8. The molecule has 10 nitrogen and oxygen atoms in total. The summed E-state index contributed by atoms with van der Waals surface area (Å²) < 4.78 is 0. The van der Waals surface area contributed by atoms with Crippen molar-refractivity contribution in [3.8, 4) is 0 Å². The first-order valence-electron chi connectivity index (χ1n) is 20.8. The Hall–Kier alpha value is -5.61. The molecule has 5 rings (SSSR count). The van der Waals surface area contributed by atoms with Gasteiger partial charge < -0.3 is 35.6 Å². The largest absolute Gasteiger partial charge is 0.481 e. The molecular weight excluding hydrogens is 741 g/mol. The summed E-state index contributed by atoms with van der Waals surface area (Å²) >= 11 is 0. The molecule has 3 aromatic heterocycles. The number of carbonyl (C=O) groups excluding carboxylic acids is 1. The summed E-state index contributed by atoms with van der Waals surface area (Å²) in [5.41, 5.74) is 14.1. The van der Waals surface area contributed by atoms with Crippen molar-refractivity contribution in [3.05, 3.63) is 125 Å². The second kappa shape index (κ2) is 19.9. The molecule has 2 atom stereocenters. The van der Waals surface area contributed by atoms with Gasteiger partial charge in [0.2, 0.25) is 0 Å². The predicted octanol–water partition coefficient (Wildman–Crippen LogP) is 8.38. The van der Waals surface area contributed by atoms with Crippen molar-refractivity contribution in [2.45, 2.75) is 131 Å². The van der Waals surface area contributed by atoms with Crippen molar-refractivity contribution in [2.75, 3.05) is 0 Å². The molecule has 3 aromatic rings. The van der Waals surface area contributed by atoms with E-state index in [-0.39, 0.29) is 19.3 Å². The number of carboxylic acid groups (broad SMARTS) is 2. The third-order valence-electron chi connectivity index (χ3n) is 11.8. The maximum atomic E-state index is 12.8. The average molecular weight is 803 g/mol. The van der Waals surface area contributed by atoms with Gasteiger partial charge in [0.05, 0.1) is 12.1 Å². The molecule has 2 aliphatic rings. The maximum absolute atomic E-state index is 12.8. The van der Waals surface area contributed by atoms with Gasteiger partial charge in [0.15, 0.2) is 6.29 Å². The highest BCUT2D eigenvalue weighted by molar-refractivity contribution is 5.87. The maximum Gasteiger partial charge on any atom is 0.303 e. The molecule has 2 aliphatic heterocycles. The lowest BCUT2D eigenvalue weighted by molar-refractivity contribution is -0.138. The second-order valence-electron chi connectivity index (χ2n) is 16.5. The zero-order valence-electron chi connectivity index (χ0n) is 35.8. The summed E-state index contributed by atoms with van der Waals surface area (Å²) in [6.45, 7) is 18.7. The van der Waals surface area contributed by atoms with E-state index >= 15 is 0 Å². The predicted molar refractivity (Wildman–Crippen MR) is 237 cm³/mol. The number of aromatic nitrogens is 3. The summed E-state index contributed by atoms with van der Waals surface area (Å²) in [6.07, 6.45) is 20.5. The van der Waals surface area contributed by atoms with Gasteiger partial charge in [0, 0.05) is 75.1 Å². The number of hydrogen-bond donors (Lipinski definition) is 7. The van der Waals surface area contributed by atoms with E-state index in [1.807, 2.05) is 45.1 Å². The first kappa shape index (κ1) is 44.5. The van der Waals surface area contributed by atoms with Gasteiger partial charge in [-0.15, -0.1) is 0 Å². The van der Waals surface area contributed by atoms with Gasteiger partial charge in [-0.25, -0.2) is 0 Å². The van der Waals surface area contributed by atoms with Crippen LogP contribution in [0.5, 0.6) is 0 Å². The lowest BCUT2D eigenvalue weighted by Gasteiger charge is -2.17. The molecule has 1 unspecified atom stereocenters. The third-order valence-corrected chi connectivity index (χ3v) is 11.8. The van der Waals surface area contributed by atoms with E-state index in [1.54, 1.807) is 0 Å². The fourth-order valence-corrected chi connectivity index (χ4v) is 8.43. The van der Waals surface area contributed by atoms with Gasteiger partial charge in [-0.3, -0.25) is 14.4 Å². The van der Waals surface area contributed by atoms with Crippen LogP contribution in [-0.2, 0) is 27.2 Å². The summed E-state index contributed by atoms with van der Waals surface area (Å²) in [4.78, 5) is 47.1. The lowest BCUT2D eigenvalue weighted by atomic mass is 9.94. The third kappa shape index (κ3) is 10.9. The number of nitrogens with one attached hydrogen (secondary N) is 4. The van der Waals surface area contributed by atoms with Gasteiger partial charge in [-0.2, -0.15) is 0 Å². The van der Waals surface area contributed by atoms with Crippen molar-refractivity contribution in [1.82, 2.24) is 20.3 Å². The molecule has 59 heavy (non-hydrogen) atoms. The summed E-state index contributed by atoms with van der Waals surface area (Å²) in [6, 6.07) is -0.422. The van der Waals surface area contributed by atoms with Gasteiger partial charge in [-0.05, 0) is 146 Å². The molecule has 10 heteroatoms. The number of aldehydes is 1. The fraction of sp³-hybridized carbons (Fsp3) is 0.408. The standard InChI is InChI=1S/C49H62N4O6/c1-9-34-31(6)39-25-45-49(46(55)18-12-17-30(5)16-11-15-29(4)14-10-13-28(2)3)33(8)40(52-45)24-44-37(27-54)36(20-22-48(58)59)43(53-44)26-42-35(19-21-47(56)57)32(7)38(51-42)23-41(34)50-39/h9,13,15,17,23-25,27,43,46,50-53,55H,1,10-12,14,16,18-22,26H2,2-8H3,(H,56,57)(H,58,59)/b29-15-,30-17+,39-25-,41-23-,44-24-/t43?,46-/m0/s1. The highest BCUT2D eigenvalue weighted by atomic mass is 16.4. The topological polar surface area (TPSA) is 171 Å². The zero-order chi connectivity index (χ0) is 43.0. The summed E-state index contributed by atoms with van der Waals surface area (Å²) in [7, 11) is 0. The number of H-pyrrole nitrogens is 3. The van der Waals surface area contributed by atoms with E-state index in [4.69, 9.17) is 0 Å². The lowest BCUT2D eigenvalue weighted by Crippen LogP contribution is -2.27. The van der Waals surface area contributed by atoms with Gasteiger partial charge >= 0.3 is 11.9 Å². The number of rotatable bonds is 18. The van der Waals surface area contributed by atoms with Crippen LogP contribution in [0.2, 0.25) is 0 Å². The van der Waals surface area contributed by atoms with Crippen molar-refractivity contribution in [2.24, 2.45) is 0 Å². The van der Waals surface area contributed by atoms with Gasteiger partial charge in [-0.1, -0.05) is 47.6 Å². The van der Waals surface area contributed by atoms with E-state index in [9.17, 15) is 29.7 Å². The number of aliphatic hydroxyl groups excluding tert-OH is 1. The number of carboxylic acids is 2. The number of aliphatic hydroxyl groups is 1. The average Bonchev–Trinajstić information content (AvgIpc) is 3.85. The molecule has 0 radical (unpaired) electrons. The molecule has 0 saturated heterocycles. The Labute approximate surface area is 348 Å². The van der Waals surface area contributed by atoms with Crippen LogP contribution in [0.1, 0.15) is 148 Å². The minimum absolute atomic E-state index is 0.0543. The minimum atomic E-state index is -0.966. The molecule has 0 amide bonds. The normalized spacial score (nSPS) is 17.9. The van der Waals surface area contributed by atoms with E-state index < -0.39 is 24.1 Å². The van der Waals surface area contributed by atoms with Crippen LogP contribution >= 0.6 is 0 Å². The van der Waals surface area contributed by atoms with Crippen LogP contribution in [0.15, 0.2) is 58.4 Å². The van der Waals surface area contributed by atoms with Crippen LogP contribution < -0.4 is 16.0 Å². The Balaban J connectivity index is 1.59. The van der Waals surface area contributed by atoms with Gasteiger partial charge in [0.25, 0.3) is 0 Å². The van der Waals surface area contributed by atoms with Crippen LogP contribution in [0.4, 0.5) is 0 Å². The molecule has 0 aromatic carbocycles. The number of aliphatic carboxylic acids is 2. The SMILES string of the molecule is C=Cc1c(C)/c2[nH]/c1=C\c1[nH]c(c(CCC(=O)O)c1C)CC1N/C(=C\c3[nH]c(c([C@@H](O)CC/C=C(\C)CC/C=C(/C)CCC=C(C)C)c3C)\C=2)C(C=O)=C1CCC(=O)O. The number of carbonyl (C=O) groups is 3. The molecule has 0 saturated carbocycles. The van der Waals surface area contributed by atoms with Crippen molar-refractivity contribution < 1.29 is 29.7 Å². The van der Waals surface area contributed by atoms with Crippen LogP contribution in [-0.4, -0.2) is 54.5 Å². The molecule has 7 N–H and O–H groups in total. The highest BCUT2D eigenvalue weighted by Gasteiger charge is 2.31. The van der Waals surface area contributed by atoms with Crippen LogP contribution in [0.3, 0.4) is 0 Å². The molecule has 0 fully saturated rings. The van der Waals surface area contributed by atoms with Gasteiger partial charge in [0.1, 0.15) is 0 Å². The van der Waals surface area contributed by atoms with Crippen LogP contribution in [0.25, 0.3) is 24.3 Å². The summed E-state index contributed by atoms with van der Waals surface area (Å²) in [5, 5.41) is 36.4. The van der Waals surface area contributed by atoms with Crippen molar-refractivity contribution >= 4 is 42.5 Å².